The molecule has 0 saturated carbocycles. The first kappa shape index (κ1) is 33.0. The zero-order chi connectivity index (χ0) is 35.1. The molecule has 6 aromatic rings. The molecule has 1 atom stereocenters. The molecule has 0 unspecified atom stereocenters. The van der Waals surface area contributed by atoms with Crippen LogP contribution in [-0.2, 0) is 17.9 Å². The number of anilines is 4. The van der Waals surface area contributed by atoms with Crippen molar-refractivity contribution in [1.82, 2.24) is 29.7 Å². The van der Waals surface area contributed by atoms with Gasteiger partial charge in [-0.25, -0.2) is 9.97 Å². The molecule has 4 aromatic heterocycles. The highest BCUT2D eigenvalue weighted by Gasteiger charge is 2.32. The van der Waals surface area contributed by atoms with Gasteiger partial charge in [-0.05, 0) is 72.0 Å². The summed E-state index contributed by atoms with van der Waals surface area (Å²) in [6, 6.07) is 20.1. The molecule has 2 aliphatic heterocycles. The summed E-state index contributed by atoms with van der Waals surface area (Å²) in [6.45, 7) is 6.14. The molecule has 2 fully saturated rings. The number of aliphatic carboxylic acids is 1. The Kier molecular flexibility index (Phi) is 8.95. The van der Waals surface area contributed by atoms with Crippen molar-refractivity contribution in [2.45, 2.75) is 32.5 Å². The summed E-state index contributed by atoms with van der Waals surface area (Å²) in [5, 5.41) is 28.5. The third kappa shape index (κ3) is 6.81. The van der Waals surface area contributed by atoms with Crippen LogP contribution in [0.5, 0.6) is 0 Å². The van der Waals surface area contributed by atoms with Gasteiger partial charge in [0.2, 0.25) is 0 Å². The third-order valence-corrected chi connectivity index (χ3v) is 10.2. The molecule has 11 nitrogen and oxygen atoms in total. The van der Waals surface area contributed by atoms with Crippen LogP contribution in [0.25, 0.3) is 32.9 Å². The first-order valence-electron chi connectivity index (χ1n) is 17.0. The highest BCUT2D eigenvalue weighted by molar-refractivity contribution is 6.36. The van der Waals surface area contributed by atoms with Crippen LogP contribution in [0.4, 0.5) is 23.0 Å². The topological polar surface area (TPSA) is 140 Å². The van der Waals surface area contributed by atoms with E-state index in [1.165, 1.54) is 0 Å². The number of aliphatic hydroxyl groups excluding tert-OH is 1. The van der Waals surface area contributed by atoms with Gasteiger partial charge in [-0.1, -0.05) is 35.9 Å². The number of hydrogen-bond donors (Lipinski definition) is 4. The van der Waals surface area contributed by atoms with Crippen molar-refractivity contribution in [2.75, 3.05) is 36.8 Å². The molecule has 12 heteroatoms. The Bertz CT molecular complexity index is 2280. The van der Waals surface area contributed by atoms with Gasteiger partial charge in [0.1, 0.15) is 11.0 Å². The van der Waals surface area contributed by atoms with Gasteiger partial charge in [0.25, 0.3) is 0 Å². The number of pyridine rings is 4. The summed E-state index contributed by atoms with van der Waals surface area (Å²) in [5.41, 5.74) is 8.07. The van der Waals surface area contributed by atoms with E-state index in [-0.39, 0.29) is 12.0 Å². The predicted octanol–water partition coefficient (Wildman–Crippen LogP) is 6.77. The molecule has 51 heavy (non-hydrogen) atoms. The number of β-amino-alcohol motifs (C(OH)–C–C–N with tert-alkyl or cyclic N) is 1. The Morgan fingerprint density at radius 3 is 2.00 bits per heavy atom. The number of nitrogens with one attached hydrogen (secondary N) is 2. The molecule has 0 amide bonds. The monoisotopic (exact) mass is 700 g/mol. The van der Waals surface area contributed by atoms with Gasteiger partial charge in [0.15, 0.2) is 11.6 Å². The molecule has 2 saturated heterocycles. The fraction of sp³-hybridized carbons (Fsp3) is 0.256. The molecular formula is C39H37ClN8O3. The van der Waals surface area contributed by atoms with Gasteiger partial charge < -0.3 is 20.8 Å². The highest BCUT2D eigenvalue weighted by atomic mass is 35.5. The minimum atomic E-state index is -0.739. The number of aromatic nitrogens is 4. The number of carbonyl (C=O) groups is 1. The highest BCUT2D eigenvalue weighted by Crippen LogP contribution is 2.39. The lowest BCUT2D eigenvalue weighted by Gasteiger charge is -2.36. The summed E-state index contributed by atoms with van der Waals surface area (Å²) in [5.74, 6) is 0.235. The normalized spacial score (nSPS) is 16.8. The van der Waals surface area contributed by atoms with Gasteiger partial charge in [0.05, 0.1) is 22.7 Å². The number of nitrogens with zero attached hydrogens (tertiary/aromatic N) is 6. The summed E-state index contributed by atoms with van der Waals surface area (Å²) in [7, 11) is 0. The Labute approximate surface area is 300 Å². The number of aliphatic hydroxyl groups is 1. The van der Waals surface area contributed by atoms with E-state index >= 15 is 0 Å². The predicted molar refractivity (Wildman–Crippen MR) is 200 cm³/mol. The number of likely N-dealkylation sites (tertiary alicyclic amines) is 2. The van der Waals surface area contributed by atoms with Crippen LogP contribution in [0.2, 0.25) is 5.02 Å². The van der Waals surface area contributed by atoms with E-state index in [2.05, 4.69) is 55.5 Å². The molecule has 0 bridgehead atoms. The lowest BCUT2D eigenvalue weighted by molar-refractivity contribution is -0.147. The van der Waals surface area contributed by atoms with E-state index in [9.17, 15) is 15.0 Å². The Balaban J connectivity index is 1.02. The second kappa shape index (κ2) is 13.8. The van der Waals surface area contributed by atoms with Gasteiger partial charge >= 0.3 is 5.97 Å². The summed E-state index contributed by atoms with van der Waals surface area (Å²) < 4.78 is 0. The van der Waals surface area contributed by atoms with Gasteiger partial charge in [-0.3, -0.25) is 24.6 Å². The minimum Gasteiger partial charge on any atom is -0.481 e. The van der Waals surface area contributed by atoms with Crippen LogP contribution in [0.1, 0.15) is 23.1 Å². The van der Waals surface area contributed by atoms with Crippen molar-refractivity contribution in [3.05, 3.63) is 107 Å². The molecular weight excluding hydrogens is 664 g/mol. The summed E-state index contributed by atoms with van der Waals surface area (Å²) in [6.07, 6.45) is 7.80. The molecule has 0 spiro atoms. The molecule has 0 aliphatic carbocycles. The maximum absolute atomic E-state index is 11.2. The quantitative estimate of drug-likeness (QED) is 0.120. The van der Waals surface area contributed by atoms with E-state index in [1.54, 1.807) is 12.4 Å². The maximum atomic E-state index is 11.2. The maximum Gasteiger partial charge on any atom is 0.309 e. The van der Waals surface area contributed by atoms with Crippen LogP contribution in [-0.4, -0.2) is 78.2 Å². The van der Waals surface area contributed by atoms with Crippen LogP contribution < -0.4 is 10.6 Å². The molecule has 8 rings (SSSR count). The van der Waals surface area contributed by atoms with Crippen LogP contribution in [0.15, 0.2) is 85.5 Å². The second-order valence-electron chi connectivity index (χ2n) is 13.5. The smallest absolute Gasteiger partial charge is 0.309 e. The van der Waals surface area contributed by atoms with E-state index in [0.717, 1.165) is 80.5 Å². The van der Waals surface area contributed by atoms with Crippen LogP contribution in [0, 0.1) is 12.8 Å². The fourth-order valence-electron chi connectivity index (χ4n) is 7.05. The van der Waals surface area contributed by atoms with E-state index in [0.29, 0.717) is 42.8 Å². The first-order chi connectivity index (χ1) is 24.8. The van der Waals surface area contributed by atoms with E-state index in [4.69, 9.17) is 21.6 Å². The number of carboxylic acids is 1. The molecule has 6 heterocycles. The largest absolute Gasteiger partial charge is 0.481 e. The van der Waals surface area contributed by atoms with Crippen molar-refractivity contribution >= 4 is 62.4 Å². The van der Waals surface area contributed by atoms with Gasteiger partial charge in [-0.15, -0.1) is 0 Å². The third-order valence-electron chi connectivity index (χ3n) is 9.81. The zero-order valence-electron chi connectivity index (χ0n) is 28.1. The zero-order valence-corrected chi connectivity index (χ0v) is 28.8. The lowest BCUT2D eigenvalue weighted by Crippen LogP contribution is -2.49. The van der Waals surface area contributed by atoms with E-state index in [1.807, 2.05) is 54.9 Å². The summed E-state index contributed by atoms with van der Waals surface area (Å²) in [4.78, 5) is 34.3. The number of halogens is 1. The number of benzene rings is 2. The standard InChI is InChI=1S/C39H37ClN8O3/c1-23-30(4-2-6-32(23)45-37-35-27(8-11-41-37)15-25(17-44-35)19-48-20-28(21-48)39(50)51)31-5-3-7-33(34(31)40)46-38-36-26(9-12-42-38)14-24(16-43-36)18-47-13-10-29(49)22-47/h2-9,11-12,14-17,28-29,49H,10,13,18-22H2,1H3,(H,41,45)(H,42,46)(H,50,51)/t29-/m1/s1. The van der Waals surface area contributed by atoms with Crippen molar-refractivity contribution < 1.29 is 15.0 Å². The van der Waals surface area contributed by atoms with Crippen molar-refractivity contribution in [3.8, 4) is 11.1 Å². The van der Waals surface area contributed by atoms with Gasteiger partial charge in [-0.2, -0.15) is 0 Å². The van der Waals surface area contributed by atoms with Crippen molar-refractivity contribution in [2.24, 2.45) is 5.92 Å². The molecule has 2 aliphatic rings. The number of carboxylic acid groups (broad SMARTS) is 1. The molecule has 258 valence electrons. The lowest BCUT2D eigenvalue weighted by atomic mass is 9.98. The number of rotatable bonds is 10. The average Bonchev–Trinajstić information content (AvgIpc) is 3.52. The van der Waals surface area contributed by atoms with Crippen LogP contribution >= 0.6 is 11.6 Å². The second-order valence-corrected chi connectivity index (χ2v) is 13.8. The Morgan fingerprint density at radius 2 is 1.39 bits per heavy atom. The number of hydrogen-bond acceptors (Lipinski definition) is 10. The summed E-state index contributed by atoms with van der Waals surface area (Å²) >= 11 is 7.12. The Morgan fingerprint density at radius 1 is 0.804 bits per heavy atom. The molecule has 0 radical (unpaired) electrons. The van der Waals surface area contributed by atoms with E-state index < -0.39 is 5.97 Å². The molecule has 4 N–H and O–H groups in total. The van der Waals surface area contributed by atoms with Crippen LogP contribution in [0.3, 0.4) is 0 Å². The van der Waals surface area contributed by atoms with Crippen molar-refractivity contribution in [1.29, 1.82) is 0 Å². The minimum absolute atomic E-state index is 0.256. The fourth-order valence-corrected chi connectivity index (χ4v) is 7.32. The average molecular weight is 701 g/mol. The number of fused-ring (bicyclic) bond motifs is 2. The molecule has 2 aromatic carbocycles. The Hall–Kier alpha value is -5.20. The van der Waals surface area contributed by atoms with Gasteiger partial charge in [0, 0.05) is 86.1 Å². The van der Waals surface area contributed by atoms with Crippen molar-refractivity contribution in [3.63, 3.8) is 0 Å². The SMILES string of the molecule is Cc1c(Nc2nccc3cc(CN4CC(C(=O)O)C4)cnc23)cccc1-c1cccc(Nc2nccc3cc(CN4CC[C@@H](O)C4)cnc23)c1Cl. The first-order valence-corrected chi connectivity index (χ1v) is 17.4.